The Labute approximate surface area is 152 Å². The Hall–Kier alpha value is -2.82. The molecule has 1 atom stereocenters. The van der Waals surface area contributed by atoms with Crippen LogP contribution in [0.5, 0.6) is 5.75 Å². The van der Waals surface area contributed by atoms with Crippen molar-refractivity contribution in [3.8, 4) is 5.75 Å². The predicted molar refractivity (Wildman–Crippen MR) is 101 cm³/mol. The van der Waals surface area contributed by atoms with Crippen molar-refractivity contribution in [3.63, 3.8) is 0 Å². The van der Waals surface area contributed by atoms with Crippen LogP contribution in [0, 0.1) is 0 Å². The second kappa shape index (κ2) is 6.83. The maximum absolute atomic E-state index is 11.3. The summed E-state index contributed by atoms with van der Waals surface area (Å²) in [7, 11) is 0. The standard InChI is InChI=1S/C21H22N2O3/c1-14(11-15(2)24)16-7-9-17(10-8-16)25-18-12-23(13-18)21-19-5-3-4-6-20(19)26-22-21/h3-10,14,18H,11-13H2,1-2H3/t14-/m1/s1. The number of rotatable bonds is 6. The van der Waals surface area contributed by atoms with Gasteiger partial charge in [0.15, 0.2) is 11.4 Å². The van der Waals surface area contributed by atoms with Crippen LogP contribution in [0.1, 0.15) is 31.7 Å². The summed E-state index contributed by atoms with van der Waals surface area (Å²) in [6.07, 6.45) is 0.717. The fourth-order valence-corrected chi connectivity index (χ4v) is 3.40. The molecule has 1 aliphatic heterocycles. The van der Waals surface area contributed by atoms with Crippen LogP contribution in [0.15, 0.2) is 53.1 Å². The van der Waals surface area contributed by atoms with Gasteiger partial charge in [-0.15, -0.1) is 0 Å². The fourth-order valence-electron chi connectivity index (χ4n) is 3.40. The van der Waals surface area contributed by atoms with Gasteiger partial charge in [-0.25, -0.2) is 0 Å². The first-order valence-corrected chi connectivity index (χ1v) is 8.95. The largest absolute Gasteiger partial charge is 0.487 e. The number of fused-ring (bicyclic) bond motifs is 1. The molecule has 2 heterocycles. The third kappa shape index (κ3) is 3.29. The van der Waals surface area contributed by atoms with E-state index in [9.17, 15) is 4.79 Å². The minimum atomic E-state index is 0.144. The Bertz CT molecular complexity index is 910. The highest BCUT2D eigenvalue weighted by Crippen LogP contribution is 2.30. The number of aromatic nitrogens is 1. The van der Waals surface area contributed by atoms with Crippen molar-refractivity contribution >= 4 is 22.6 Å². The van der Waals surface area contributed by atoms with Gasteiger partial charge >= 0.3 is 0 Å². The van der Waals surface area contributed by atoms with Crippen LogP contribution in [-0.4, -0.2) is 30.1 Å². The molecule has 26 heavy (non-hydrogen) atoms. The molecule has 0 amide bonds. The van der Waals surface area contributed by atoms with Crippen LogP contribution in [0.3, 0.4) is 0 Å². The molecular weight excluding hydrogens is 328 g/mol. The first-order chi connectivity index (χ1) is 12.6. The van der Waals surface area contributed by atoms with E-state index >= 15 is 0 Å². The topological polar surface area (TPSA) is 55.6 Å². The molecule has 0 N–H and O–H groups in total. The summed E-state index contributed by atoms with van der Waals surface area (Å²) in [5, 5.41) is 5.22. The van der Waals surface area contributed by atoms with Gasteiger partial charge in [-0.1, -0.05) is 36.3 Å². The fraction of sp³-hybridized carbons (Fsp3) is 0.333. The molecule has 4 rings (SSSR count). The van der Waals surface area contributed by atoms with Crippen LogP contribution in [0.4, 0.5) is 5.82 Å². The van der Waals surface area contributed by atoms with Crippen molar-refractivity contribution in [2.24, 2.45) is 0 Å². The summed E-state index contributed by atoms with van der Waals surface area (Å²) in [6.45, 7) is 5.29. The van der Waals surface area contributed by atoms with Gasteiger partial charge in [-0.05, 0) is 42.7 Å². The van der Waals surface area contributed by atoms with Crippen LogP contribution in [0.25, 0.3) is 11.0 Å². The van der Waals surface area contributed by atoms with Gasteiger partial charge in [0, 0.05) is 6.42 Å². The zero-order valence-corrected chi connectivity index (χ0v) is 15.0. The van der Waals surface area contributed by atoms with Gasteiger partial charge in [0.05, 0.1) is 18.5 Å². The highest BCUT2D eigenvalue weighted by atomic mass is 16.5. The Morgan fingerprint density at radius 1 is 1.23 bits per heavy atom. The first kappa shape index (κ1) is 16.6. The van der Waals surface area contributed by atoms with E-state index in [-0.39, 0.29) is 17.8 Å². The third-order valence-electron chi connectivity index (χ3n) is 4.85. The summed E-state index contributed by atoms with van der Waals surface area (Å²) >= 11 is 0. The van der Waals surface area contributed by atoms with Crippen LogP contribution in [0.2, 0.25) is 0 Å². The van der Waals surface area contributed by atoms with Crippen LogP contribution in [-0.2, 0) is 4.79 Å². The lowest BCUT2D eigenvalue weighted by Crippen LogP contribution is -2.54. The van der Waals surface area contributed by atoms with Gasteiger partial charge in [-0.2, -0.15) is 0 Å². The Morgan fingerprint density at radius 3 is 2.69 bits per heavy atom. The maximum Gasteiger partial charge on any atom is 0.180 e. The number of ketones is 1. The number of hydrogen-bond donors (Lipinski definition) is 0. The minimum absolute atomic E-state index is 0.144. The maximum atomic E-state index is 11.3. The molecule has 0 aliphatic carbocycles. The number of ether oxygens (including phenoxy) is 1. The van der Waals surface area contributed by atoms with Gasteiger partial charge < -0.3 is 19.0 Å². The summed E-state index contributed by atoms with van der Waals surface area (Å²) in [5.74, 6) is 2.20. The average Bonchev–Trinajstić information content (AvgIpc) is 3.01. The number of anilines is 1. The Kier molecular flexibility index (Phi) is 4.37. The molecule has 1 fully saturated rings. The molecule has 1 aromatic heterocycles. The summed E-state index contributed by atoms with van der Waals surface area (Å²) in [5.41, 5.74) is 1.97. The zero-order chi connectivity index (χ0) is 18.1. The first-order valence-electron chi connectivity index (χ1n) is 8.95. The van der Waals surface area contributed by atoms with E-state index in [0.29, 0.717) is 6.42 Å². The van der Waals surface area contributed by atoms with Gasteiger partial charge in [0.25, 0.3) is 0 Å². The average molecular weight is 350 g/mol. The quantitative estimate of drug-likeness (QED) is 0.667. The predicted octanol–water partition coefficient (Wildman–Crippen LogP) is 4.18. The molecule has 3 aromatic rings. The highest BCUT2D eigenvalue weighted by Gasteiger charge is 2.31. The van der Waals surface area contributed by atoms with Crippen molar-refractivity contribution in [2.75, 3.05) is 18.0 Å². The van der Waals surface area contributed by atoms with Crippen molar-refractivity contribution in [1.29, 1.82) is 0 Å². The van der Waals surface area contributed by atoms with E-state index in [4.69, 9.17) is 9.26 Å². The van der Waals surface area contributed by atoms with E-state index in [1.165, 1.54) is 0 Å². The normalized spacial score (nSPS) is 15.7. The van der Waals surface area contributed by atoms with Gasteiger partial charge in [0.2, 0.25) is 0 Å². The number of para-hydroxylation sites is 1. The summed E-state index contributed by atoms with van der Waals surface area (Å²) < 4.78 is 11.4. The lowest BCUT2D eigenvalue weighted by atomic mass is 9.96. The third-order valence-corrected chi connectivity index (χ3v) is 4.85. The van der Waals surface area contributed by atoms with Gasteiger partial charge in [-0.3, -0.25) is 0 Å². The molecule has 2 aromatic carbocycles. The second-order valence-corrected chi connectivity index (χ2v) is 7.02. The molecule has 0 radical (unpaired) electrons. The van der Waals surface area contributed by atoms with E-state index in [1.807, 2.05) is 48.5 Å². The summed E-state index contributed by atoms with van der Waals surface area (Å²) in [6, 6.07) is 15.9. The SMILES string of the molecule is CC(=O)C[C@@H](C)c1ccc(OC2CN(c3noc4ccccc34)C2)cc1. The molecule has 0 bridgehead atoms. The lowest BCUT2D eigenvalue weighted by molar-refractivity contribution is -0.117. The van der Waals surface area contributed by atoms with E-state index in [2.05, 4.69) is 17.0 Å². The highest BCUT2D eigenvalue weighted by molar-refractivity contribution is 5.88. The number of hydrogen-bond acceptors (Lipinski definition) is 5. The molecular formula is C21H22N2O3. The Balaban J connectivity index is 1.35. The van der Waals surface area contributed by atoms with E-state index in [1.54, 1.807) is 6.92 Å². The number of benzene rings is 2. The number of Topliss-reactive ketones (excluding diaryl/α,β-unsaturated/α-hetero) is 1. The summed E-state index contributed by atoms with van der Waals surface area (Å²) in [4.78, 5) is 13.4. The van der Waals surface area contributed by atoms with Crippen molar-refractivity contribution in [1.82, 2.24) is 5.16 Å². The lowest BCUT2D eigenvalue weighted by Gasteiger charge is -2.39. The van der Waals surface area contributed by atoms with Crippen molar-refractivity contribution in [3.05, 3.63) is 54.1 Å². The van der Waals surface area contributed by atoms with Crippen LogP contribution < -0.4 is 9.64 Å². The van der Waals surface area contributed by atoms with Crippen molar-refractivity contribution in [2.45, 2.75) is 32.3 Å². The van der Waals surface area contributed by atoms with E-state index in [0.717, 1.165) is 41.2 Å². The minimum Gasteiger partial charge on any atom is -0.487 e. The second-order valence-electron chi connectivity index (χ2n) is 7.02. The molecule has 0 spiro atoms. The van der Waals surface area contributed by atoms with Crippen LogP contribution >= 0.6 is 0 Å². The van der Waals surface area contributed by atoms with Gasteiger partial charge in [0.1, 0.15) is 17.6 Å². The molecule has 0 saturated carbocycles. The van der Waals surface area contributed by atoms with E-state index < -0.39 is 0 Å². The number of carbonyl (C=O) groups is 1. The molecule has 134 valence electrons. The number of nitrogens with zero attached hydrogens (tertiary/aromatic N) is 2. The molecule has 5 heteroatoms. The zero-order valence-electron chi connectivity index (χ0n) is 15.0. The molecule has 0 unspecified atom stereocenters. The Morgan fingerprint density at radius 2 is 1.96 bits per heavy atom. The smallest absolute Gasteiger partial charge is 0.180 e. The molecule has 1 aliphatic rings. The molecule has 5 nitrogen and oxygen atoms in total. The van der Waals surface area contributed by atoms with Crippen molar-refractivity contribution < 1.29 is 14.1 Å². The number of carbonyl (C=O) groups excluding carboxylic acids is 1. The molecule has 1 saturated heterocycles. The monoisotopic (exact) mass is 350 g/mol.